The second-order valence-electron chi connectivity index (χ2n) is 4.68. The molecule has 1 unspecified atom stereocenters. The molecule has 1 aromatic carbocycles. The molecule has 0 radical (unpaired) electrons. The van der Waals surface area contributed by atoms with E-state index in [0.29, 0.717) is 6.04 Å². The first kappa shape index (κ1) is 14.8. The van der Waals surface area contributed by atoms with E-state index in [1.807, 2.05) is 11.3 Å². The number of aryl methyl sites for hydroxylation is 1. The van der Waals surface area contributed by atoms with Crippen LogP contribution in [-0.2, 0) is 0 Å². The van der Waals surface area contributed by atoms with Crippen LogP contribution in [-0.4, -0.2) is 6.54 Å². The summed E-state index contributed by atoms with van der Waals surface area (Å²) in [5, 5.41) is 3.54. The Balaban J connectivity index is 2.27. The van der Waals surface area contributed by atoms with E-state index >= 15 is 0 Å². The molecule has 1 heterocycles. The van der Waals surface area contributed by atoms with Gasteiger partial charge in [-0.25, -0.2) is 0 Å². The second kappa shape index (κ2) is 6.69. The minimum absolute atomic E-state index is 0.484. The van der Waals surface area contributed by atoms with Gasteiger partial charge >= 0.3 is 0 Å². The summed E-state index contributed by atoms with van der Waals surface area (Å²) in [6.45, 7) is 7.53. The summed E-state index contributed by atoms with van der Waals surface area (Å²) in [5.74, 6) is 0. The van der Waals surface area contributed by atoms with Crippen molar-refractivity contribution in [3.63, 3.8) is 0 Å². The van der Waals surface area contributed by atoms with Crippen LogP contribution in [0.1, 0.15) is 36.8 Å². The molecule has 0 saturated heterocycles. The molecule has 0 amide bonds. The number of hydrogen-bond donors (Lipinski definition) is 1. The summed E-state index contributed by atoms with van der Waals surface area (Å²) in [5.41, 5.74) is 2.57. The fourth-order valence-electron chi connectivity index (χ4n) is 2.13. The zero-order valence-corrected chi connectivity index (χ0v) is 14.1. The van der Waals surface area contributed by atoms with Gasteiger partial charge in [0.25, 0.3) is 0 Å². The van der Waals surface area contributed by atoms with E-state index in [1.165, 1.54) is 25.4 Å². The Kier molecular flexibility index (Phi) is 5.20. The van der Waals surface area contributed by atoms with Crippen molar-refractivity contribution in [1.29, 1.82) is 0 Å². The minimum atomic E-state index is 0.484. The lowest BCUT2D eigenvalue weighted by Crippen LogP contribution is -2.18. The molecule has 2 rings (SSSR count). The van der Waals surface area contributed by atoms with Crippen LogP contribution in [0.3, 0.4) is 0 Å². The molecular weight excluding hydrogens is 318 g/mol. The van der Waals surface area contributed by atoms with Crippen LogP contribution in [0.5, 0.6) is 0 Å². The third-order valence-electron chi connectivity index (χ3n) is 3.29. The SMILES string of the molecule is CCNC(CC)c1ccc(-c2ccc(C)c(Br)c2)s1. The van der Waals surface area contributed by atoms with Gasteiger partial charge in [-0.3, -0.25) is 0 Å². The Bertz CT molecular complexity index is 547. The largest absolute Gasteiger partial charge is 0.310 e. The highest BCUT2D eigenvalue weighted by Gasteiger charge is 2.11. The lowest BCUT2D eigenvalue weighted by Gasteiger charge is -2.13. The Hall–Kier alpha value is -0.640. The van der Waals surface area contributed by atoms with Gasteiger partial charge in [-0.1, -0.05) is 41.9 Å². The highest BCUT2D eigenvalue weighted by Crippen LogP contribution is 2.34. The lowest BCUT2D eigenvalue weighted by molar-refractivity contribution is 0.545. The molecular formula is C16H20BrNS. The number of nitrogens with one attached hydrogen (secondary N) is 1. The molecule has 0 saturated carbocycles. The Morgan fingerprint density at radius 2 is 2.00 bits per heavy atom. The topological polar surface area (TPSA) is 12.0 Å². The van der Waals surface area contributed by atoms with Crippen LogP contribution in [0.15, 0.2) is 34.8 Å². The van der Waals surface area contributed by atoms with Crippen LogP contribution >= 0.6 is 27.3 Å². The molecule has 0 fully saturated rings. The van der Waals surface area contributed by atoms with Crippen molar-refractivity contribution in [3.05, 3.63) is 45.2 Å². The molecule has 0 bridgehead atoms. The molecule has 0 aliphatic carbocycles. The number of hydrogen-bond acceptors (Lipinski definition) is 2. The molecule has 1 nitrogen and oxygen atoms in total. The third kappa shape index (κ3) is 3.47. The third-order valence-corrected chi connectivity index (χ3v) is 5.39. The molecule has 19 heavy (non-hydrogen) atoms. The van der Waals surface area contributed by atoms with Crippen molar-refractivity contribution in [1.82, 2.24) is 5.32 Å². The second-order valence-corrected chi connectivity index (χ2v) is 6.65. The van der Waals surface area contributed by atoms with E-state index in [-0.39, 0.29) is 0 Å². The fourth-order valence-corrected chi connectivity index (χ4v) is 3.68. The maximum Gasteiger partial charge on any atom is 0.0412 e. The van der Waals surface area contributed by atoms with Gasteiger partial charge in [0.15, 0.2) is 0 Å². The van der Waals surface area contributed by atoms with E-state index in [0.717, 1.165) is 13.0 Å². The normalized spacial score (nSPS) is 12.6. The minimum Gasteiger partial charge on any atom is -0.310 e. The first-order chi connectivity index (χ1) is 9.15. The van der Waals surface area contributed by atoms with Gasteiger partial charge < -0.3 is 5.32 Å². The van der Waals surface area contributed by atoms with E-state index in [4.69, 9.17) is 0 Å². The van der Waals surface area contributed by atoms with Gasteiger partial charge in [0.2, 0.25) is 0 Å². The van der Waals surface area contributed by atoms with Crippen LogP contribution < -0.4 is 5.32 Å². The highest BCUT2D eigenvalue weighted by atomic mass is 79.9. The molecule has 2 aromatic rings. The maximum absolute atomic E-state index is 3.61. The van der Waals surface area contributed by atoms with Crippen LogP contribution in [0.2, 0.25) is 0 Å². The standard InChI is InChI=1S/C16H20BrNS/c1-4-14(18-5-2)16-9-8-15(19-16)12-7-6-11(3)13(17)10-12/h6-10,14,18H,4-5H2,1-3H3. The predicted molar refractivity (Wildman–Crippen MR) is 88.9 cm³/mol. The fraction of sp³-hybridized carbons (Fsp3) is 0.375. The Morgan fingerprint density at radius 1 is 1.21 bits per heavy atom. The number of rotatable bonds is 5. The van der Waals surface area contributed by atoms with Crippen LogP contribution in [0.4, 0.5) is 0 Å². The molecule has 1 N–H and O–H groups in total. The summed E-state index contributed by atoms with van der Waals surface area (Å²) < 4.78 is 1.18. The molecule has 102 valence electrons. The zero-order chi connectivity index (χ0) is 13.8. The smallest absolute Gasteiger partial charge is 0.0412 e. The van der Waals surface area contributed by atoms with Crippen molar-refractivity contribution in [3.8, 4) is 10.4 Å². The van der Waals surface area contributed by atoms with Crippen molar-refractivity contribution in [2.45, 2.75) is 33.2 Å². The number of thiophene rings is 1. The first-order valence-electron chi connectivity index (χ1n) is 6.75. The summed E-state index contributed by atoms with van der Waals surface area (Å²) in [7, 11) is 0. The van der Waals surface area contributed by atoms with E-state index in [2.05, 4.69) is 72.3 Å². The first-order valence-corrected chi connectivity index (χ1v) is 8.36. The summed E-state index contributed by atoms with van der Waals surface area (Å²) >= 11 is 5.50. The van der Waals surface area contributed by atoms with Crippen LogP contribution in [0.25, 0.3) is 10.4 Å². The Morgan fingerprint density at radius 3 is 2.63 bits per heavy atom. The Labute approximate surface area is 128 Å². The average Bonchev–Trinajstić information content (AvgIpc) is 2.88. The molecule has 3 heteroatoms. The van der Waals surface area contributed by atoms with E-state index < -0.39 is 0 Å². The number of halogens is 1. The van der Waals surface area contributed by atoms with E-state index in [1.54, 1.807) is 0 Å². The average molecular weight is 338 g/mol. The van der Waals surface area contributed by atoms with Gasteiger partial charge in [0.05, 0.1) is 0 Å². The van der Waals surface area contributed by atoms with Gasteiger partial charge in [-0.05, 0) is 49.2 Å². The van der Waals surface area contributed by atoms with Crippen molar-refractivity contribution >= 4 is 27.3 Å². The quantitative estimate of drug-likeness (QED) is 0.754. The van der Waals surface area contributed by atoms with Crippen molar-refractivity contribution < 1.29 is 0 Å². The van der Waals surface area contributed by atoms with Crippen molar-refractivity contribution in [2.24, 2.45) is 0 Å². The molecule has 1 aromatic heterocycles. The maximum atomic E-state index is 3.61. The van der Waals surface area contributed by atoms with Gasteiger partial charge in [-0.2, -0.15) is 0 Å². The molecule has 0 spiro atoms. The molecule has 0 aliphatic rings. The number of benzene rings is 1. The van der Waals surface area contributed by atoms with Crippen LogP contribution in [0, 0.1) is 6.92 Å². The highest BCUT2D eigenvalue weighted by molar-refractivity contribution is 9.10. The molecule has 1 atom stereocenters. The van der Waals surface area contributed by atoms with Gasteiger partial charge in [-0.15, -0.1) is 11.3 Å². The lowest BCUT2D eigenvalue weighted by atomic mass is 10.1. The van der Waals surface area contributed by atoms with Gasteiger partial charge in [0.1, 0.15) is 0 Å². The van der Waals surface area contributed by atoms with E-state index in [9.17, 15) is 0 Å². The van der Waals surface area contributed by atoms with Gasteiger partial charge in [0, 0.05) is 20.3 Å². The molecule has 0 aliphatic heterocycles. The summed E-state index contributed by atoms with van der Waals surface area (Å²) in [4.78, 5) is 2.77. The predicted octanol–water partition coefficient (Wildman–Crippen LogP) is 5.55. The zero-order valence-electron chi connectivity index (χ0n) is 11.7. The summed E-state index contributed by atoms with van der Waals surface area (Å²) in [6.07, 6.45) is 1.13. The summed E-state index contributed by atoms with van der Waals surface area (Å²) in [6, 6.07) is 11.5. The monoisotopic (exact) mass is 337 g/mol. The van der Waals surface area contributed by atoms with Crippen molar-refractivity contribution in [2.75, 3.05) is 6.54 Å².